The maximum Gasteiger partial charge on any atom is 0.115 e. The molecule has 0 aromatic heterocycles. The highest BCUT2D eigenvalue weighted by Gasteiger charge is 2.23. The Labute approximate surface area is 129 Å². The molecule has 0 amide bonds. The summed E-state index contributed by atoms with van der Waals surface area (Å²) in [5, 5.41) is 13.3. The summed E-state index contributed by atoms with van der Waals surface area (Å²) in [7, 11) is 0. The third-order valence-corrected chi connectivity index (χ3v) is 4.70. The molecule has 1 aliphatic rings. The predicted octanol–water partition coefficient (Wildman–Crippen LogP) is 3.48. The van der Waals surface area contributed by atoms with Crippen molar-refractivity contribution < 1.29 is 5.11 Å². The first kappa shape index (κ1) is 16.3. The van der Waals surface area contributed by atoms with Crippen molar-refractivity contribution in [1.29, 1.82) is 0 Å². The second-order valence-corrected chi connectivity index (χ2v) is 6.21. The normalized spacial score (nSPS) is 19.0. The first-order chi connectivity index (χ1) is 10.1. The van der Waals surface area contributed by atoms with E-state index in [2.05, 4.69) is 37.1 Å². The lowest BCUT2D eigenvalue weighted by molar-refractivity contribution is 0.288. The van der Waals surface area contributed by atoms with Crippen molar-refractivity contribution in [1.82, 2.24) is 10.2 Å². The SMILES string of the molecule is CCN(CC)CCCC(C)NC1CCc2cc(O)ccc21. The number of nitrogens with zero attached hydrogens (tertiary/aromatic N) is 1. The van der Waals surface area contributed by atoms with Crippen LogP contribution in [0.1, 0.15) is 57.2 Å². The van der Waals surface area contributed by atoms with Crippen molar-refractivity contribution >= 4 is 0 Å². The number of aryl methyl sites for hydroxylation is 1. The van der Waals surface area contributed by atoms with Crippen LogP contribution in [0.5, 0.6) is 5.75 Å². The van der Waals surface area contributed by atoms with E-state index in [1.54, 1.807) is 0 Å². The highest BCUT2D eigenvalue weighted by Crippen LogP contribution is 2.33. The van der Waals surface area contributed by atoms with Gasteiger partial charge in [-0.3, -0.25) is 0 Å². The van der Waals surface area contributed by atoms with Gasteiger partial charge in [-0.2, -0.15) is 0 Å². The van der Waals surface area contributed by atoms with Crippen molar-refractivity contribution in [2.45, 2.75) is 58.5 Å². The van der Waals surface area contributed by atoms with Crippen LogP contribution in [0.2, 0.25) is 0 Å². The number of hydrogen-bond donors (Lipinski definition) is 2. The van der Waals surface area contributed by atoms with Crippen LogP contribution in [-0.2, 0) is 6.42 Å². The molecule has 3 nitrogen and oxygen atoms in total. The largest absolute Gasteiger partial charge is 0.508 e. The minimum Gasteiger partial charge on any atom is -0.508 e. The van der Waals surface area contributed by atoms with Crippen molar-refractivity contribution in [3.8, 4) is 5.75 Å². The number of benzene rings is 1. The van der Waals surface area contributed by atoms with Crippen molar-refractivity contribution in [2.75, 3.05) is 19.6 Å². The maximum atomic E-state index is 9.55. The lowest BCUT2D eigenvalue weighted by Crippen LogP contribution is -2.31. The van der Waals surface area contributed by atoms with E-state index in [4.69, 9.17) is 0 Å². The minimum absolute atomic E-state index is 0.390. The Hall–Kier alpha value is -1.06. The van der Waals surface area contributed by atoms with Gasteiger partial charge in [-0.05, 0) is 75.5 Å². The molecule has 2 rings (SSSR count). The monoisotopic (exact) mass is 290 g/mol. The van der Waals surface area contributed by atoms with Crippen molar-refractivity contribution in [2.24, 2.45) is 0 Å². The van der Waals surface area contributed by atoms with Gasteiger partial charge in [0.05, 0.1) is 0 Å². The van der Waals surface area contributed by atoms with Gasteiger partial charge in [0.15, 0.2) is 0 Å². The zero-order valence-electron chi connectivity index (χ0n) is 13.7. The Morgan fingerprint density at radius 3 is 2.81 bits per heavy atom. The zero-order valence-corrected chi connectivity index (χ0v) is 13.7. The first-order valence-corrected chi connectivity index (χ1v) is 8.44. The summed E-state index contributed by atoms with van der Waals surface area (Å²) in [6, 6.07) is 6.82. The summed E-state index contributed by atoms with van der Waals surface area (Å²) in [4.78, 5) is 2.49. The Balaban J connectivity index is 1.78. The van der Waals surface area contributed by atoms with Gasteiger partial charge in [0.2, 0.25) is 0 Å². The van der Waals surface area contributed by atoms with Crippen molar-refractivity contribution in [3.05, 3.63) is 29.3 Å². The molecule has 0 bridgehead atoms. The van der Waals surface area contributed by atoms with Crippen LogP contribution in [0, 0.1) is 0 Å². The number of rotatable bonds is 8. The Kier molecular flexibility index (Phi) is 6.07. The van der Waals surface area contributed by atoms with E-state index in [9.17, 15) is 5.11 Å². The fraction of sp³-hybridized carbons (Fsp3) is 0.667. The number of nitrogens with one attached hydrogen (secondary N) is 1. The molecular formula is C18H30N2O. The number of aromatic hydroxyl groups is 1. The molecule has 2 atom stereocenters. The van der Waals surface area contributed by atoms with Crippen molar-refractivity contribution in [3.63, 3.8) is 0 Å². The molecule has 1 aliphatic carbocycles. The third kappa shape index (κ3) is 4.45. The van der Waals surface area contributed by atoms with Crippen LogP contribution in [0.15, 0.2) is 18.2 Å². The average Bonchev–Trinajstić information content (AvgIpc) is 2.85. The van der Waals surface area contributed by atoms with Gasteiger partial charge in [0.1, 0.15) is 5.75 Å². The second kappa shape index (κ2) is 7.81. The van der Waals surface area contributed by atoms with E-state index in [-0.39, 0.29) is 0 Å². The first-order valence-electron chi connectivity index (χ1n) is 8.44. The number of phenolic OH excluding ortho intramolecular Hbond substituents is 1. The zero-order chi connectivity index (χ0) is 15.2. The molecule has 0 aliphatic heterocycles. The lowest BCUT2D eigenvalue weighted by atomic mass is 10.1. The lowest BCUT2D eigenvalue weighted by Gasteiger charge is -2.22. The summed E-state index contributed by atoms with van der Waals surface area (Å²) in [6.07, 6.45) is 4.71. The van der Waals surface area contributed by atoms with Crippen LogP contribution in [-0.4, -0.2) is 35.7 Å². The smallest absolute Gasteiger partial charge is 0.115 e. The third-order valence-electron chi connectivity index (χ3n) is 4.70. The molecule has 21 heavy (non-hydrogen) atoms. The molecule has 2 N–H and O–H groups in total. The average molecular weight is 290 g/mol. The molecular weight excluding hydrogens is 260 g/mol. The van der Waals surface area contributed by atoms with Gasteiger partial charge in [-0.1, -0.05) is 19.9 Å². The van der Waals surface area contributed by atoms with Crippen LogP contribution in [0.3, 0.4) is 0 Å². The number of fused-ring (bicyclic) bond motifs is 1. The van der Waals surface area contributed by atoms with Crippen LogP contribution in [0.4, 0.5) is 0 Å². The second-order valence-electron chi connectivity index (χ2n) is 6.21. The Morgan fingerprint density at radius 1 is 1.33 bits per heavy atom. The highest BCUT2D eigenvalue weighted by molar-refractivity contribution is 5.40. The van der Waals surface area contributed by atoms with E-state index in [1.165, 1.54) is 30.5 Å². The van der Waals surface area contributed by atoms with E-state index in [0.717, 1.165) is 25.9 Å². The van der Waals surface area contributed by atoms with Gasteiger partial charge < -0.3 is 15.3 Å². The quantitative estimate of drug-likeness (QED) is 0.769. The number of phenols is 1. The molecule has 3 heteroatoms. The summed E-state index contributed by atoms with van der Waals surface area (Å²) in [5.41, 5.74) is 2.69. The summed E-state index contributed by atoms with van der Waals surface area (Å²) < 4.78 is 0. The molecule has 1 aromatic rings. The van der Waals surface area contributed by atoms with Gasteiger partial charge in [0, 0.05) is 12.1 Å². The highest BCUT2D eigenvalue weighted by atomic mass is 16.3. The maximum absolute atomic E-state index is 9.55. The standard InChI is InChI=1S/C18H30N2O/c1-4-20(5-2)12-6-7-14(3)19-18-11-8-15-13-16(21)9-10-17(15)18/h9-10,13-14,18-19,21H,4-8,11-12H2,1-3H3. The molecule has 0 heterocycles. The topological polar surface area (TPSA) is 35.5 Å². The fourth-order valence-electron chi connectivity index (χ4n) is 3.36. The van der Waals surface area contributed by atoms with E-state index < -0.39 is 0 Å². The Bertz CT molecular complexity index is 443. The minimum atomic E-state index is 0.390. The van der Waals surface area contributed by atoms with E-state index in [0.29, 0.717) is 17.8 Å². The molecule has 2 unspecified atom stereocenters. The number of hydrogen-bond acceptors (Lipinski definition) is 3. The van der Waals surface area contributed by atoms with Crippen LogP contribution >= 0.6 is 0 Å². The van der Waals surface area contributed by atoms with E-state index in [1.807, 2.05) is 12.1 Å². The molecule has 0 spiro atoms. The summed E-state index contributed by atoms with van der Waals surface area (Å²) in [5.74, 6) is 0.390. The molecule has 0 fully saturated rings. The molecule has 0 radical (unpaired) electrons. The van der Waals surface area contributed by atoms with Crippen LogP contribution in [0.25, 0.3) is 0 Å². The van der Waals surface area contributed by atoms with Gasteiger partial charge in [-0.15, -0.1) is 0 Å². The fourth-order valence-corrected chi connectivity index (χ4v) is 3.36. The molecule has 118 valence electrons. The summed E-state index contributed by atoms with van der Waals surface area (Å²) in [6.45, 7) is 10.3. The van der Waals surface area contributed by atoms with Gasteiger partial charge in [-0.25, -0.2) is 0 Å². The Morgan fingerprint density at radius 2 is 2.10 bits per heavy atom. The van der Waals surface area contributed by atoms with Gasteiger partial charge >= 0.3 is 0 Å². The molecule has 0 saturated carbocycles. The molecule has 0 saturated heterocycles. The molecule has 1 aromatic carbocycles. The van der Waals surface area contributed by atoms with E-state index >= 15 is 0 Å². The predicted molar refractivity (Wildman–Crippen MR) is 88.8 cm³/mol. The van der Waals surface area contributed by atoms with Gasteiger partial charge in [0.25, 0.3) is 0 Å². The summed E-state index contributed by atoms with van der Waals surface area (Å²) >= 11 is 0. The van der Waals surface area contributed by atoms with Crippen LogP contribution < -0.4 is 5.32 Å².